The molecule has 2 atom stereocenters. The molecular weight excluding hydrogens is 352 g/mol. The van der Waals surface area contributed by atoms with Gasteiger partial charge >= 0.3 is 0 Å². The first-order valence-corrected chi connectivity index (χ1v) is 8.97. The summed E-state index contributed by atoms with van der Waals surface area (Å²) in [5.74, 6) is -0.0581. The Morgan fingerprint density at radius 3 is 2.59 bits per heavy atom. The first-order valence-electron chi connectivity index (χ1n) is 8.97. The molecule has 0 radical (unpaired) electrons. The number of piperazine rings is 1. The van der Waals surface area contributed by atoms with E-state index in [2.05, 4.69) is 25.1 Å². The number of carbonyl (C=O) groups is 1. The highest BCUT2D eigenvalue weighted by molar-refractivity contribution is 5.92. The minimum atomic E-state index is -0.771. The summed E-state index contributed by atoms with van der Waals surface area (Å²) in [6.45, 7) is 5.62. The van der Waals surface area contributed by atoms with Gasteiger partial charge in [-0.3, -0.25) is 9.69 Å². The topological polar surface area (TPSA) is 61.4 Å². The summed E-state index contributed by atoms with van der Waals surface area (Å²) >= 11 is 0. The third kappa shape index (κ3) is 3.62. The van der Waals surface area contributed by atoms with Gasteiger partial charge in [-0.05, 0) is 32.4 Å². The van der Waals surface area contributed by atoms with E-state index in [1.165, 1.54) is 6.07 Å². The van der Waals surface area contributed by atoms with Crippen molar-refractivity contribution in [1.82, 2.24) is 14.9 Å². The number of carbonyl (C=O) groups excluding carboxylic acids is 1. The van der Waals surface area contributed by atoms with E-state index in [0.29, 0.717) is 0 Å². The lowest BCUT2D eigenvalue weighted by Crippen LogP contribution is -2.69. The molecule has 142 valence electrons. The Morgan fingerprint density at radius 1 is 1.19 bits per heavy atom. The zero-order valence-electron chi connectivity index (χ0n) is 15.2. The average Bonchev–Trinajstić information content (AvgIpc) is 2.61. The van der Waals surface area contributed by atoms with Crippen molar-refractivity contribution < 1.29 is 13.6 Å². The summed E-state index contributed by atoms with van der Waals surface area (Å²) in [6, 6.07) is 5.64. The Labute approximate surface area is 156 Å². The summed E-state index contributed by atoms with van der Waals surface area (Å²) in [5, 5.41) is 2.53. The quantitative estimate of drug-likeness (QED) is 0.891. The summed E-state index contributed by atoms with van der Waals surface area (Å²) in [4.78, 5) is 25.5. The molecular formula is C19H21F2N5O. The molecule has 5 rings (SSSR count). The number of fused-ring (bicyclic) bond motifs is 2. The van der Waals surface area contributed by atoms with Crippen LogP contribution in [0.4, 0.5) is 20.3 Å². The van der Waals surface area contributed by atoms with Gasteiger partial charge in [-0.25, -0.2) is 18.7 Å². The van der Waals surface area contributed by atoms with E-state index in [1.54, 1.807) is 0 Å². The van der Waals surface area contributed by atoms with Gasteiger partial charge in [0, 0.05) is 43.0 Å². The minimum Gasteiger partial charge on any atom is -0.353 e. The van der Waals surface area contributed by atoms with Crippen LogP contribution in [-0.4, -0.2) is 52.5 Å². The molecule has 2 aromatic rings. The lowest BCUT2D eigenvalue weighted by molar-refractivity contribution is -0.121. The fourth-order valence-electron chi connectivity index (χ4n) is 3.94. The number of amides is 1. The number of aromatic nitrogens is 2. The van der Waals surface area contributed by atoms with Crippen LogP contribution in [-0.2, 0) is 4.79 Å². The number of piperidine rings is 1. The third-order valence-electron chi connectivity index (χ3n) is 5.15. The molecule has 2 bridgehead atoms. The predicted octanol–water partition coefficient (Wildman–Crippen LogP) is 2.27. The molecule has 2 unspecified atom stereocenters. The lowest BCUT2D eigenvalue weighted by Gasteiger charge is -2.56. The number of nitrogens with one attached hydrogen (secondary N) is 1. The molecule has 27 heavy (non-hydrogen) atoms. The number of rotatable bonds is 4. The molecule has 3 aliphatic heterocycles. The number of hydrogen-bond donors (Lipinski definition) is 1. The molecule has 3 fully saturated rings. The number of nitrogens with zero attached hydrogens (tertiary/aromatic N) is 4. The first-order chi connectivity index (χ1) is 12.9. The fourth-order valence-corrected chi connectivity index (χ4v) is 3.94. The molecule has 8 heteroatoms. The van der Waals surface area contributed by atoms with Crippen LogP contribution in [0.1, 0.15) is 17.9 Å². The Morgan fingerprint density at radius 2 is 1.93 bits per heavy atom. The Hall–Kier alpha value is -2.61. The highest BCUT2D eigenvalue weighted by atomic mass is 19.1. The van der Waals surface area contributed by atoms with Gasteiger partial charge in [-0.1, -0.05) is 0 Å². The second kappa shape index (κ2) is 6.84. The van der Waals surface area contributed by atoms with Crippen molar-refractivity contribution in [3.05, 3.63) is 47.4 Å². The predicted molar refractivity (Wildman–Crippen MR) is 97.6 cm³/mol. The average molecular weight is 373 g/mol. The largest absolute Gasteiger partial charge is 0.353 e. The summed E-state index contributed by atoms with van der Waals surface area (Å²) in [6.07, 6.45) is 1.04. The first kappa shape index (κ1) is 17.8. The van der Waals surface area contributed by atoms with Gasteiger partial charge in [0.15, 0.2) is 0 Å². The second-order valence-electron chi connectivity index (χ2n) is 7.21. The number of hydrogen-bond acceptors (Lipinski definition) is 5. The second-order valence-corrected chi connectivity index (χ2v) is 7.21. The van der Waals surface area contributed by atoms with Gasteiger partial charge in [0.2, 0.25) is 5.91 Å². The summed E-state index contributed by atoms with van der Waals surface area (Å²) in [7, 11) is 0. The number of halogens is 2. The molecule has 4 heterocycles. The van der Waals surface area contributed by atoms with Crippen LogP contribution >= 0.6 is 0 Å². The molecule has 1 aromatic heterocycles. The molecule has 1 N–H and O–H groups in total. The highest BCUT2D eigenvalue weighted by Crippen LogP contribution is 2.34. The van der Waals surface area contributed by atoms with Crippen molar-refractivity contribution >= 4 is 17.4 Å². The number of aryl methyl sites for hydroxylation is 2. The van der Waals surface area contributed by atoms with Crippen LogP contribution in [0.3, 0.4) is 0 Å². The number of benzene rings is 1. The monoisotopic (exact) mass is 373 g/mol. The van der Waals surface area contributed by atoms with Crippen molar-refractivity contribution in [2.24, 2.45) is 0 Å². The SMILES string of the molecule is Cc1cc(N2CC3CC(C2)N3CC(=O)Nc2ccc(F)cc2F)nc(C)n1. The maximum absolute atomic E-state index is 13.7. The zero-order valence-corrected chi connectivity index (χ0v) is 15.2. The van der Waals surface area contributed by atoms with Crippen LogP contribution in [0.25, 0.3) is 0 Å². The van der Waals surface area contributed by atoms with Gasteiger partial charge in [0.05, 0.1) is 12.2 Å². The molecule has 3 aliphatic rings. The summed E-state index contributed by atoms with van der Waals surface area (Å²) < 4.78 is 26.7. The van der Waals surface area contributed by atoms with Gasteiger partial charge in [-0.2, -0.15) is 0 Å². The van der Waals surface area contributed by atoms with Crippen LogP contribution < -0.4 is 10.2 Å². The standard InChI is InChI=1S/C19H21F2N5O/c1-11-5-18(23-12(2)22-11)25-8-14-7-15(9-25)26(14)10-19(27)24-17-4-3-13(20)6-16(17)21/h3-6,14-15H,7-10H2,1-2H3,(H,24,27). The van der Waals surface area contributed by atoms with Crippen molar-refractivity contribution in [3.8, 4) is 0 Å². The molecule has 3 saturated heterocycles. The normalized spacial score (nSPS) is 21.7. The van der Waals surface area contributed by atoms with E-state index >= 15 is 0 Å². The van der Waals surface area contributed by atoms with Crippen LogP contribution in [0.5, 0.6) is 0 Å². The van der Waals surface area contributed by atoms with E-state index in [4.69, 9.17) is 0 Å². The molecule has 0 saturated carbocycles. The Bertz CT molecular complexity index is 858. The van der Waals surface area contributed by atoms with Crippen molar-refractivity contribution in [2.75, 3.05) is 29.9 Å². The smallest absolute Gasteiger partial charge is 0.238 e. The molecule has 0 aliphatic carbocycles. The zero-order chi connectivity index (χ0) is 19.1. The lowest BCUT2D eigenvalue weighted by atomic mass is 9.87. The van der Waals surface area contributed by atoms with Gasteiger partial charge < -0.3 is 10.2 Å². The van der Waals surface area contributed by atoms with Gasteiger partial charge in [0.25, 0.3) is 0 Å². The van der Waals surface area contributed by atoms with Crippen LogP contribution in [0.15, 0.2) is 24.3 Å². The van der Waals surface area contributed by atoms with Crippen molar-refractivity contribution in [2.45, 2.75) is 32.4 Å². The van der Waals surface area contributed by atoms with E-state index in [0.717, 1.165) is 49.0 Å². The maximum Gasteiger partial charge on any atom is 0.238 e. The van der Waals surface area contributed by atoms with E-state index in [9.17, 15) is 13.6 Å². The maximum atomic E-state index is 13.7. The summed E-state index contributed by atoms with van der Waals surface area (Å²) in [5.41, 5.74) is 0.940. The third-order valence-corrected chi connectivity index (χ3v) is 5.15. The van der Waals surface area contributed by atoms with Crippen LogP contribution in [0.2, 0.25) is 0 Å². The fraction of sp³-hybridized carbons (Fsp3) is 0.421. The van der Waals surface area contributed by atoms with Crippen LogP contribution in [0, 0.1) is 25.5 Å². The van der Waals surface area contributed by atoms with E-state index < -0.39 is 11.6 Å². The van der Waals surface area contributed by atoms with Gasteiger partial charge in [0.1, 0.15) is 23.3 Å². The van der Waals surface area contributed by atoms with Crippen molar-refractivity contribution in [1.29, 1.82) is 0 Å². The Balaban J connectivity index is 1.37. The van der Waals surface area contributed by atoms with Crippen molar-refractivity contribution in [3.63, 3.8) is 0 Å². The molecule has 1 amide bonds. The van der Waals surface area contributed by atoms with Gasteiger partial charge in [-0.15, -0.1) is 0 Å². The van der Waals surface area contributed by atoms with E-state index in [1.807, 2.05) is 19.9 Å². The highest BCUT2D eigenvalue weighted by Gasteiger charge is 2.45. The Kier molecular flexibility index (Phi) is 4.51. The molecule has 6 nitrogen and oxygen atoms in total. The molecule has 1 aromatic carbocycles. The van der Waals surface area contributed by atoms with E-state index in [-0.39, 0.29) is 30.2 Å². The molecule has 0 spiro atoms. The number of anilines is 2. The minimum absolute atomic E-state index is 0.000598.